The molecule has 0 atom stereocenters. The summed E-state index contributed by atoms with van der Waals surface area (Å²) in [6, 6.07) is 12.2. The molecule has 0 unspecified atom stereocenters. The molecule has 1 fully saturated rings. The van der Waals surface area contributed by atoms with Crippen molar-refractivity contribution in [1.29, 1.82) is 0 Å². The number of hydrogen-bond acceptors (Lipinski definition) is 5. The summed E-state index contributed by atoms with van der Waals surface area (Å²) in [5.74, 6) is 0.878. The molecule has 1 aliphatic rings. The minimum atomic E-state index is -0.824. The van der Waals surface area contributed by atoms with Crippen molar-refractivity contribution < 1.29 is 9.84 Å². The van der Waals surface area contributed by atoms with Crippen molar-refractivity contribution in [3.05, 3.63) is 77.4 Å². The Morgan fingerprint density at radius 3 is 2.62 bits per heavy atom. The zero-order valence-corrected chi connectivity index (χ0v) is 17.1. The van der Waals surface area contributed by atoms with Crippen LogP contribution < -0.4 is 4.74 Å². The molecule has 1 N–H and O–H groups in total. The zero-order chi connectivity index (χ0) is 20.3. The van der Waals surface area contributed by atoms with Crippen LogP contribution in [0.1, 0.15) is 35.2 Å². The second-order valence-electron chi connectivity index (χ2n) is 7.88. The van der Waals surface area contributed by atoms with Crippen LogP contribution in [0.4, 0.5) is 0 Å². The smallest absolute Gasteiger partial charge is 0.123 e. The van der Waals surface area contributed by atoms with Crippen LogP contribution in [0.15, 0.2) is 55.0 Å². The highest BCUT2D eigenvalue weighted by atomic mass is 16.5. The van der Waals surface area contributed by atoms with Gasteiger partial charge in [-0.3, -0.25) is 14.6 Å². The minimum Gasteiger partial charge on any atom is -0.496 e. The van der Waals surface area contributed by atoms with Crippen LogP contribution >= 0.6 is 0 Å². The standard InChI is InChI=1S/C23H28N4O2/c1-18-4-7-22(24-15-18)23(28)8-12-26(13-9-23)16-19-5-6-21(29-2)20(14-19)17-27-11-3-10-25-27/h3-7,10-11,14-15,28H,8-9,12-13,16-17H2,1-2H3. The molecule has 0 bridgehead atoms. The lowest BCUT2D eigenvalue weighted by molar-refractivity contribution is -0.0311. The molecule has 1 aliphatic heterocycles. The van der Waals surface area contributed by atoms with E-state index >= 15 is 0 Å². The van der Waals surface area contributed by atoms with E-state index in [1.807, 2.05) is 48.3 Å². The van der Waals surface area contributed by atoms with E-state index in [2.05, 4.69) is 27.1 Å². The summed E-state index contributed by atoms with van der Waals surface area (Å²) in [6.45, 7) is 5.23. The lowest BCUT2D eigenvalue weighted by atomic mass is 9.87. The number of aromatic nitrogens is 3. The van der Waals surface area contributed by atoms with Gasteiger partial charge in [-0.05, 0) is 55.2 Å². The topological polar surface area (TPSA) is 63.4 Å². The molecule has 0 aliphatic carbocycles. The lowest BCUT2D eigenvalue weighted by Gasteiger charge is -2.38. The van der Waals surface area contributed by atoms with E-state index in [0.29, 0.717) is 19.4 Å². The molecule has 152 valence electrons. The number of piperidine rings is 1. The maximum atomic E-state index is 11.1. The Morgan fingerprint density at radius 2 is 1.97 bits per heavy atom. The number of hydrogen-bond donors (Lipinski definition) is 1. The highest BCUT2D eigenvalue weighted by Crippen LogP contribution is 2.32. The minimum absolute atomic E-state index is 0.683. The molecule has 0 saturated carbocycles. The summed E-state index contributed by atoms with van der Waals surface area (Å²) in [4.78, 5) is 6.85. The van der Waals surface area contributed by atoms with Crippen molar-refractivity contribution in [2.75, 3.05) is 20.2 Å². The first-order valence-electron chi connectivity index (χ1n) is 10.1. The molecule has 1 saturated heterocycles. The Bertz CT molecular complexity index is 930. The molecule has 6 heteroatoms. The molecular formula is C23H28N4O2. The van der Waals surface area contributed by atoms with Crippen molar-refractivity contribution in [2.24, 2.45) is 0 Å². The predicted octanol–water partition coefficient (Wildman–Crippen LogP) is 3.13. The molecule has 4 rings (SSSR count). The maximum Gasteiger partial charge on any atom is 0.123 e. The maximum absolute atomic E-state index is 11.1. The van der Waals surface area contributed by atoms with Crippen LogP contribution in [0.25, 0.3) is 0 Å². The van der Waals surface area contributed by atoms with E-state index in [1.54, 1.807) is 13.3 Å². The van der Waals surface area contributed by atoms with Gasteiger partial charge in [0, 0.05) is 43.8 Å². The average molecular weight is 393 g/mol. The van der Waals surface area contributed by atoms with Gasteiger partial charge in [0.2, 0.25) is 0 Å². The number of nitrogens with zero attached hydrogens (tertiary/aromatic N) is 4. The Balaban J connectivity index is 1.42. The highest BCUT2D eigenvalue weighted by molar-refractivity contribution is 5.37. The predicted molar refractivity (Wildman–Crippen MR) is 112 cm³/mol. The van der Waals surface area contributed by atoms with Crippen LogP contribution in [0.5, 0.6) is 5.75 Å². The van der Waals surface area contributed by atoms with Gasteiger partial charge in [-0.1, -0.05) is 12.1 Å². The Labute approximate surface area is 171 Å². The molecule has 29 heavy (non-hydrogen) atoms. The normalized spacial score (nSPS) is 16.7. The van der Waals surface area contributed by atoms with Gasteiger partial charge in [-0.15, -0.1) is 0 Å². The molecule has 6 nitrogen and oxygen atoms in total. The summed E-state index contributed by atoms with van der Waals surface area (Å²) >= 11 is 0. The van der Waals surface area contributed by atoms with Gasteiger partial charge in [0.05, 0.1) is 19.3 Å². The Morgan fingerprint density at radius 1 is 1.14 bits per heavy atom. The quantitative estimate of drug-likeness (QED) is 0.698. The van der Waals surface area contributed by atoms with E-state index in [0.717, 1.165) is 42.2 Å². The van der Waals surface area contributed by atoms with Gasteiger partial charge >= 0.3 is 0 Å². The SMILES string of the molecule is COc1ccc(CN2CCC(O)(c3ccc(C)cn3)CC2)cc1Cn1cccn1. The summed E-state index contributed by atoms with van der Waals surface area (Å²) in [6.07, 6.45) is 6.96. The van der Waals surface area contributed by atoms with Crippen molar-refractivity contribution >= 4 is 0 Å². The third-order valence-corrected chi connectivity index (χ3v) is 5.71. The number of benzene rings is 1. The number of aliphatic hydroxyl groups is 1. The first-order chi connectivity index (χ1) is 14.1. The number of likely N-dealkylation sites (tertiary alicyclic amines) is 1. The van der Waals surface area contributed by atoms with Gasteiger partial charge < -0.3 is 9.84 Å². The third kappa shape index (κ3) is 4.49. The van der Waals surface area contributed by atoms with E-state index < -0.39 is 5.60 Å². The molecule has 1 aromatic carbocycles. The van der Waals surface area contributed by atoms with Gasteiger partial charge in [0.25, 0.3) is 0 Å². The lowest BCUT2D eigenvalue weighted by Crippen LogP contribution is -2.42. The fourth-order valence-corrected chi connectivity index (χ4v) is 3.96. The summed E-state index contributed by atoms with van der Waals surface area (Å²) in [5.41, 5.74) is 3.43. The molecule has 2 aromatic heterocycles. The molecule has 3 heterocycles. The molecule has 0 amide bonds. The second kappa shape index (κ2) is 8.35. The van der Waals surface area contributed by atoms with Crippen molar-refractivity contribution in [2.45, 2.75) is 38.5 Å². The fraction of sp³-hybridized carbons (Fsp3) is 0.391. The Hall–Kier alpha value is -2.70. The van der Waals surface area contributed by atoms with Gasteiger partial charge in [-0.2, -0.15) is 5.10 Å². The van der Waals surface area contributed by atoms with Crippen LogP contribution in [-0.4, -0.2) is 45.0 Å². The highest BCUT2D eigenvalue weighted by Gasteiger charge is 2.35. The van der Waals surface area contributed by atoms with E-state index in [1.165, 1.54) is 5.56 Å². The first-order valence-corrected chi connectivity index (χ1v) is 10.1. The summed E-state index contributed by atoms with van der Waals surface area (Å²) in [7, 11) is 1.70. The van der Waals surface area contributed by atoms with Gasteiger partial charge in [0.1, 0.15) is 11.4 Å². The van der Waals surface area contributed by atoms with E-state index in [9.17, 15) is 5.11 Å². The summed E-state index contributed by atoms with van der Waals surface area (Å²) in [5, 5.41) is 15.4. The van der Waals surface area contributed by atoms with Crippen LogP contribution in [0, 0.1) is 6.92 Å². The number of methoxy groups -OCH3 is 1. The third-order valence-electron chi connectivity index (χ3n) is 5.71. The van der Waals surface area contributed by atoms with Gasteiger partial charge in [0.15, 0.2) is 0 Å². The second-order valence-corrected chi connectivity index (χ2v) is 7.88. The van der Waals surface area contributed by atoms with Crippen LogP contribution in [-0.2, 0) is 18.7 Å². The zero-order valence-electron chi connectivity index (χ0n) is 17.1. The van der Waals surface area contributed by atoms with E-state index in [-0.39, 0.29) is 0 Å². The van der Waals surface area contributed by atoms with Crippen molar-refractivity contribution in [1.82, 2.24) is 19.7 Å². The number of pyridine rings is 1. The summed E-state index contributed by atoms with van der Waals surface area (Å²) < 4.78 is 7.43. The average Bonchev–Trinajstić information content (AvgIpc) is 3.24. The Kier molecular flexibility index (Phi) is 5.65. The van der Waals surface area contributed by atoms with Gasteiger partial charge in [-0.25, -0.2) is 0 Å². The van der Waals surface area contributed by atoms with Crippen LogP contribution in [0.3, 0.4) is 0 Å². The fourth-order valence-electron chi connectivity index (χ4n) is 3.96. The number of aryl methyl sites for hydroxylation is 1. The number of rotatable bonds is 6. The largest absolute Gasteiger partial charge is 0.496 e. The molecular weight excluding hydrogens is 364 g/mol. The van der Waals surface area contributed by atoms with E-state index in [4.69, 9.17) is 4.74 Å². The first kappa shape index (κ1) is 19.6. The van der Waals surface area contributed by atoms with Crippen LogP contribution in [0.2, 0.25) is 0 Å². The van der Waals surface area contributed by atoms with Crippen molar-refractivity contribution in [3.8, 4) is 5.75 Å². The molecule has 0 radical (unpaired) electrons. The molecule has 3 aromatic rings. The monoisotopic (exact) mass is 392 g/mol. The molecule has 0 spiro atoms. The van der Waals surface area contributed by atoms with Crippen molar-refractivity contribution in [3.63, 3.8) is 0 Å². The number of ether oxygens (including phenoxy) is 1.